The van der Waals surface area contributed by atoms with Gasteiger partial charge < -0.3 is 10.2 Å². The average molecular weight is 210 g/mol. The van der Waals surface area contributed by atoms with Crippen molar-refractivity contribution in [3.8, 4) is 0 Å². The Morgan fingerprint density at radius 2 is 2.13 bits per heavy atom. The van der Waals surface area contributed by atoms with Crippen LogP contribution in [0.15, 0.2) is 0 Å². The smallest absolute Gasteiger partial charge is 0.239 e. The summed E-state index contributed by atoms with van der Waals surface area (Å²) in [5, 5.41) is 3.28. The number of rotatable bonds is 3. The first-order chi connectivity index (χ1) is 7.31. The third-order valence-corrected chi connectivity index (χ3v) is 3.74. The molecular weight excluding hydrogens is 188 g/mol. The lowest BCUT2D eigenvalue weighted by Gasteiger charge is -2.34. The maximum atomic E-state index is 12.0. The van der Waals surface area contributed by atoms with Crippen molar-refractivity contribution in [1.82, 2.24) is 10.2 Å². The van der Waals surface area contributed by atoms with E-state index in [0.717, 1.165) is 32.0 Å². The van der Waals surface area contributed by atoms with E-state index in [0.29, 0.717) is 5.91 Å². The van der Waals surface area contributed by atoms with E-state index >= 15 is 0 Å². The zero-order chi connectivity index (χ0) is 10.7. The molecule has 2 aliphatic rings. The van der Waals surface area contributed by atoms with Crippen molar-refractivity contribution >= 4 is 5.91 Å². The number of amides is 1. The molecule has 15 heavy (non-hydrogen) atoms. The molecule has 0 aromatic rings. The summed E-state index contributed by atoms with van der Waals surface area (Å²) in [6.45, 7) is 4.97. The number of hydrogen-bond donors (Lipinski definition) is 1. The third kappa shape index (κ3) is 2.51. The first-order valence-electron chi connectivity index (χ1n) is 6.33. The second-order valence-electron chi connectivity index (χ2n) is 4.85. The summed E-state index contributed by atoms with van der Waals surface area (Å²) in [7, 11) is 0. The van der Waals surface area contributed by atoms with Crippen LogP contribution in [0.5, 0.6) is 0 Å². The molecule has 1 N–H and O–H groups in total. The monoisotopic (exact) mass is 210 g/mol. The number of piperazine rings is 1. The lowest BCUT2D eigenvalue weighted by molar-refractivity contribution is -0.136. The largest absolute Gasteiger partial charge is 0.340 e. The second-order valence-corrected chi connectivity index (χ2v) is 4.85. The number of carbonyl (C=O) groups is 1. The van der Waals surface area contributed by atoms with Gasteiger partial charge in [0.15, 0.2) is 0 Å². The summed E-state index contributed by atoms with van der Waals surface area (Å²) >= 11 is 0. The fourth-order valence-corrected chi connectivity index (χ4v) is 2.80. The highest BCUT2D eigenvalue weighted by Gasteiger charge is 2.29. The summed E-state index contributed by atoms with van der Waals surface area (Å²) in [6, 6.07) is 0.0835. The molecule has 1 amide bonds. The highest BCUT2D eigenvalue weighted by atomic mass is 16.2. The molecule has 2 rings (SSSR count). The van der Waals surface area contributed by atoms with Crippen LogP contribution in [0.4, 0.5) is 0 Å². The molecule has 86 valence electrons. The van der Waals surface area contributed by atoms with Gasteiger partial charge in [-0.2, -0.15) is 0 Å². The first-order valence-corrected chi connectivity index (χ1v) is 6.33. The van der Waals surface area contributed by atoms with Gasteiger partial charge in [-0.3, -0.25) is 4.79 Å². The van der Waals surface area contributed by atoms with Crippen molar-refractivity contribution in [2.75, 3.05) is 19.6 Å². The summed E-state index contributed by atoms with van der Waals surface area (Å²) in [5.74, 6) is 1.11. The van der Waals surface area contributed by atoms with Crippen LogP contribution in [0.1, 0.15) is 39.0 Å². The van der Waals surface area contributed by atoms with Crippen molar-refractivity contribution in [2.45, 2.75) is 45.1 Å². The van der Waals surface area contributed by atoms with Crippen LogP contribution in [0.2, 0.25) is 0 Å². The highest BCUT2D eigenvalue weighted by molar-refractivity contribution is 5.82. The Kier molecular flexibility index (Phi) is 3.62. The Morgan fingerprint density at radius 3 is 2.80 bits per heavy atom. The van der Waals surface area contributed by atoms with Gasteiger partial charge in [0.2, 0.25) is 5.91 Å². The zero-order valence-corrected chi connectivity index (χ0v) is 9.67. The fraction of sp³-hybridized carbons (Fsp3) is 0.917. The molecule has 0 aromatic heterocycles. The topological polar surface area (TPSA) is 32.3 Å². The van der Waals surface area contributed by atoms with Crippen molar-refractivity contribution in [3.63, 3.8) is 0 Å². The second kappa shape index (κ2) is 4.97. The predicted octanol–water partition coefficient (Wildman–Crippen LogP) is 1.39. The van der Waals surface area contributed by atoms with Crippen LogP contribution in [0, 0.1) is 5.92 Å². The molecule has 1 saturated carbocycles. The Hall–Kier alpha value is -0.570. The molecule has 1 unspecified atom stereocenters. The molecule has 0 bridgehead atoms. The van der Waals surface area contributed by atoms with E-state index in [4.69, 9.17) is 0 Å². The maximum absolute atomic E-state index is 12.0. The Bertz CT molecular complexity index is 224. The van der Waals surface area contributed by atoms with E-state index in [1.807, 2.05) is 0 Å². The molecule has 0 spiro atoms. The fourth-order valence-electron chi connectivity index (χ4n) is 2.80. The van der Waals surface area contributed by atoms with Crippen LogP contribution in [0.3, 0.4) is 0 Å². The quantitative estimate of drug-likeness (QED) is 0.763. The Morgan fingerprint density at radius 1 is 1.40 bits per heavy atom. The van der Waals surface area contributed by atoms with Gasteiger partial charge in [0.05, 0.1) is 6.04 Å². The summed E-state index contributed by atoms with van der Waals surface area (Å²) in [4.78, 5) is 14.1. The number of nitrogens with one attached hydrogen (secondary N) is 1. The van der Waals surface area contributed by atoms with Crippen molar-refractivity contribution in [2.24, 2.45) is 5.92 Å². The molecule has 1 aliphatic carbocycles. The van der Waals surface area contributed by atoms with Crippen LogP contribution >= 0.6 is 0 Å². The van der Waals surface area contributed by atoms with Crippen LogP contribution in [-0.4, -0.2) is 36.5 Å². The summed E-state index contributed by atoms with van der Waals surface area (Å²) in [6.07, 6.45) is 6.30. The molecule has 0 aromatic carbocycles. The minimum absolute atomic E-state index is 0.0835. The number of hydrogen-bond acceptors (Lipinski definition) is 2. The molecule has 0 radical (unpaired) electrons. The molecule has 3 nitrogen and oxygen atoms in total. The van der Waals surface area contributed by atoms with E-state index in [9.17, 15) is 4.79 Å². The molecule has 1 saturated heterocycles. The predicted molar refractivity (Wildman–Crippen MR) is 60.6 cm³/mol. The van der Waals surface area contributed by atoms with E-state index in [2.05, 4.69) is 17.1 Å². The lowest BCUT2D eigenvalue weighted by Crippen LogP contribution is -2.55. The van der Waals surface area contributed by atoms with Gasteiger partial charge in [0, 0.05) is 19.6 Å². The van der Waals surface area contributed by atoms with Gasteiger partial charge in [0.25, 0.3) is 0 Å². The van der Waals surface area contributed by atoms with Gasteiger partial charge >= 0.3 is 0 Å². The van der Waals surface area contributed by atoms with E-state index in [1.54, 1.807) is 0 Å². The van der Waals surface area contributed by atoms with E-state index in [1.165, 1.54) is 25.7 Å². The highest BCUT2D eigenvalue weighted by Crippen LogP contribution is 2.26. The van der Waals surface area contributed by atoms with Crippen molar-refractivity contribution < 1.29 is 4.79 Å². The molecule has 1 aliphatic heterocycles. The standard InChI is InChI=1S/C12H22N2O/c1-2-11-12(15)14(8-7-13-11)9-10-5-3-4-6-10/h10-11,13H,2-9H2,1H3. The third-order valence-electron chi connectivity index (χ3n) is 3.74. The van der Waals surface area contributed by atoms with Crippen molar-refractivity contribution in [1.29, 1.82) is 0 Å². The van der Waals surface area contributed by atoms with Crippen LogP contribution in [0.25, 0.3) is 0 Å². The number of carbonyl (C=O) groups excluding carboxylic acids is 1. The maximum Gasteiger partial charge on any atom is 0.239 e. The minimum atomic E-state index is 0.0835. The minimum Gasteiger partial charge on any atom is -0.340 e. The van der Waals surface area contributed by atoms with Gasteiger partial charge in [-0.25, -0.2) is 0 Å². The van der Waals surface area contributed by atoms with Crippen LogP contribution < -0.4 is 5.32 Å². The molecule has 2 fully saturated rings. The molecule has 1 heterocycles. The van der Waals surface area contributed by atoms with Gasteiger partial charge in [-0.15, -0.1) is 0 Å². The van der Waals surface area contributed by atoms with E-state index < -0.39 is 0 Å². The van der Waals surface area contributed by atoms with Gasteiger partial charge in [-0.05, 0) is 25.2 Å². The summed E-state index contributed by atoms with van der Waals surface area (Å²) < 4.78 is 0. The number of nitrogens with zero attached hydrogens (tertiary/aromatic N) is 1. The van der Waals surface area contributed by atoms with Gasteiger partial charge in [0.1, 0.15) is 0 Å². The molecule has 3 heteroatoms. The van der Waals surface area contributed by atoms with E-state index in [-0.39, 0.29) is 6.04 Å². The molecular formula is C12H22N2O. The SMILES string of the molecule is CCC1NCCN(CC2CCCC2)C1=O. The van der Waals surface area contributed by atoms with Gasteiger partial charge in [-0.1, -0.05) is 19.8 Å². The lowest BCUT2D eigenvalue weighted by atomic mass is 10.1. The van der Waals surface area contributed by atoms with Crippen LogP contribution in [-0.2, 0) is 4.79 Å². The van der Waals surface area contributed by atoms with Crippen molar-refractivity contribution in [3.05, 3.63) is 0 Å². The normalized spacial score (nSPS) is 28.7. The Balaban J connectivity index is 1.87. The summed E-state index contributed by atoms with van der Waals surface area (Å²) in [5.41, 5.74) is 0. The Labute approximate surface area is 92.2 Å². The zero-order valence-electron chi connectivity index (χ0n) is 9.67. The average Bonchev–Trinajstić information content (AvgIpc) is 2.74. The first kappa shape index (κ1) is 10.9. The molecule has 1 atom stereocenters.